The largest absolute Gasteiger partial charge is 0.481 e. The van der Waals surface area contributed by atoms with Crippen LogP contribution in [-0.2, 0) is 4.79 Å². The number of hydrogen-bond acceptors (Lipinski definition) is 4. The number of benzene rings is 1. The summed E-state index contributed by atoms with van der Waals surface area (Å²) in [5.74, 6) is -2.00. The lowest BCUT2D eigenvalue weighted by Gasteiger charge is -2.18. The van der Waals surface area contributed by atoms with E-state index >= 15 is 0 Å². The number of aliphatic carboxylic acids is 1. The van der Waals surface area contributed by atoms with Crippen LogP contribution in [0.15, 0.2) is 36.8 Å². The van der Waals surface area contributed by atoms with Gasteiger partial charge in [-0.05, 0) is 23.6 Å². The molecule has 1 saturated heterocycles. The molecule has 1 N–H and O–H groups in total. The Balaban J connectivity index is 1.89. The average Bonchev–Trinajstić information content (AvgIpc) is 3.07. The highest BCUT2D eigenvalue weighted by Crippen LogP contribution is 2.34. The van der Waals surface area contributed by atoms with E-state index in [2.05, 4.69) is 9.97 Å². The van der Waals surface area contributed by atoms with Crippen molar-refractivity contribution in [3.63, 3.8) is 0 Å². The maximum absolute atomic E-state index is 13.0. The number of amides is 1. The zero-order valence-corrected chi connectivity index (χ0v) is 15.3. The number of halogens is 1. The highest BCUT2D eigenvalue weighted by Gasteiger charge is 2.41. The molecule has 1 aromatic heterocycles. The Morgan fingerprint density at radius 1 is 1.23 bits per heavy atom. The minimum atomic E-state index is -0.909. The topological polar surface area (TPSA) is 83.4 Å². The van der Waals surface area contributed by atoms with Crippen LogP contribution in [0.1, 0.15) is 47.3 Å². The van der Waals surface area contributed by atoms with Gasteiger partial charge in [0, 0.05) is 30.2 Å². The standard InChI is InChI=1S/C19H20ClN3O3/c1-11(2)17-14(7-21-10-22-17)18(24)23-8-15(16(9-23)19(25)26)12-3-5-13(20)6-4-12/h3-7,10-11,15-16H,8-9H2,1-2H3,(H,25,26)/t15-,16+/m0/s1. The zero-order valence-electron chi connectivity index (χ0n) is 14.6. The first-order valence-corrected chi connectivity index (χ1v) is 8.83. The van der Waals surface area contributed by atoms with Crippen LogP contribution in [0.4, 0.5) is 0 Å². The molecule has 0 spiro atoms. The Hall–Kier alpha value is -2.47. The summed E-state index contributed by atoms with van der Waals surface area (Å²) in [7, 11) is 0. The lowest BCUT2D eigenvalue weighted by molar-refractivity contribution is -0.141. The lowest BCUT2D eigenvalue weighted by Crippen LogP contribution is -2.31. The molecule has 136 valence electrons. The second-order valence-corrected chi connectivity index (χ2v) is 7.23. The SMILES string of the molecule is CC(C)c1ncncc1C(=O)N1C[C@@H](C(=O)O)[C@H](c2ccc(Cl)cc2)C1. The fraction of sp³-hybridized carbons (Fsp3) is 0.368. The molecular formula is C19H20ClN3O3. The summed E-state index contributed by atoms with van der Waals surface area (Å²) in [6, 6.07) is 7.12. The van der Waals surface area contributed by atoms with Gasteiger partial charge >= 0.3 is 5.97 Å². The van der Waals surface area contributed by atoms with Crippen LogP contribution < -0.4 is 0 Å². The van der Waals surface area contributed by atoms with Crippen molar-refractivity contribution in [1.82, 2.24) is 14.9 Å². The van der Waals surface area contributed by atoms with Gasteiger partial charge in [0.05, 0.1) is 17.2 Å². The fourth-order valence-electron chi connectivity index (χ4n) is 3.40. The predicted octanol–water partition coefficient (Wildman–Crippen LogP) is 3.19. The van der Waals surface area contributed by atoms with E-state index in [-0.39, 0.29) is 24.3 Å². The molecule has 1 aliphatic rings. The van der Waals surface area contributed by atoms with Crippen molar-refractivity contribution in [3.05, 3.63) is 58.6 Å². The van der Waals surface area contributed by atoms with Crippen molar-refractivity contribution in [2.24, 2.45) is 5.92 Å². The summed E-state index contributed by atoms with van der Waals surface area (Å²) in [6.45, 7) is 4.41. The average molecular weight is 374 g/mol. The van der Waals surface area contributed by atoms with E-state index in [1.165, 1.54) is 12.5 Å². The van der Waals surface area contributed by atoms with Crippen LogP contribution in [0.3, 0.4) is 0 Å². The van der Waals surface area contributed by atoms with Crippen molar-refractivity contribution in [1.29, 1.82) is 0 Å². The Morgan fingerprint density at radius 3 is 2.54 bits per heavy atom. The van der Waals surface area contributed by atoms with Gasteiger partial charge in [-0.1, -0.05) is 37.6 Å². The van der Waals surface area contributed by atoms with Gasteiger partial charge < -0.3 is 10.0 Å². The van der Waals surface area contributed by atoms with Gasteiger partial charge in [-0.25, -0.2) is 9.97 Å². The molecule has 1 amide bonds. The number of carbonyl (C=O) groups is 2. The molecule has 6 nitrogen and oxygen atoms in total. The van der Waals surface area contributed by atoms with Crippen molar-refractivity contribution in [3.8, 4) is 0 Å². The second-order valence-electron chi connectivity index (χ2n) is 6.79. The Kier molecular flexibility index (Phi) is 5.23. The van der Waals surface area contributed by atoms with Crippen molar-refractivity contribution < 1.29 is 14.7 Å². The molecule has 0 bridgehead atoms. The Morgan fingerprint density at radius 2 is 1.92 bits per heavy atom. The highest BCUT2D eigenvalue weighted by atomic mass is 35.5. The molecule has 1 aromatic carbocycles. The summed E-state index contributed by atoms with van der Waals surface area (Å²) < 4.78 is 0. The smallest absolute Gasteiger partial charge is 0.308 e. The van der Waals surface area contributed by atoms with Gasteiger partial charge in [0.15, 0.2) is 0 Å². The molecule has 26 heavy (non-hydrogen) atoms. The maximum atomic E-state index is 13.0. The first-order valence-electron chi connectivity index (χ1n) is 8.46. The van der Waals surface area contributed by atoms with E-state index in [4.69, 9.17) is 11.6 Å². The molecule has 2 atom stereocenters. The van der Waals surface area contributed by atoms with E-state index in [0.29, 0.717) is 22.8 Å². The van der Waals surface area contributed by atoms with Crippen molar-refractivity contribution in [2.45, 2.75) is 25.7 Å². The predicted molar refractivity (Wildman–Crippen MR) is 97.3 cm³/mol. The van der Waals surface area contributed by atoms with Crippen LogP contribution >= 0.6 is 11.6 Å². The molecule has 0 radical (unpaired) electrons. The quantitative estimate of drug-likeness (QED) is 0.889. The molecule has 0 unspecified atom stereocenters. The van der Waals surface area contributed by atoms with Crippen LogP contribution in [0.25, 0.3) is 0 Å². The van der Waals surface area contributed by atoms with Crippen LogP contribution in [-0.4, -0.2) is 44.9 Å². The summed E-state index contributed by atoms with van der Waals surface area (Å²) in [4.78, 5) is 34.5. The second kappa shape index (κ2) is 7.41. The van der Waals surface area contributed by atoms with E-state index in [0.717, 1.165) is 5.56 Å². The molecule has 0 aliphatic carbocycles. The van der Waals surface area contributed by atoms with E-state index in [1.807, 2.05) is 26.0 Å². The molecule has 1 aliphatic heterocycles. The van der Waals surface area contributed by atoms with Gasteiger partial charge in [0.25, 0.3) is 5.91 Å². The number of carbonyl (C=O) groups excluding carboxylic acids is 1. The van der Waals surface area contributed by atoms with Gasteiger partial charge in [-0.2, -0.15) is 0 Å². The van der Waals surface area contributed by atoms with E-state index in [1.54, 1.807) is 17.0 Å². The van der Waals surface area contributed by atoms with E-state index in [9.17, 15) is 14.7 Å². The zero-order chi connectivity index (χ0) is 18.8. The minimum absolute atomic E-state index is 0.0712. The molecule has 1 fully saturated rings. The summed E-state index contributed by atoms with van der Waals surface area (Å²) in [6.07, 6.45) is 2.93. The van der Waals surface area contributed by atoms with Gasteiger partial charge in [0.2, 0.25) is 0 Å². The molecule has 0 saturated carbocycles. The van der Waals surface area contributed by atoms with Crippen molar-refractivity contribution >= 4 is 23.5 Å². The van der Waals surface area contributed by atoms with Gasteiger partial charge in [-0.15, -0.1) is 0 Å². The summed E-state index contributed by atoms with van der Waals surface area (Å²) in [5, 5.41) is 10.2. The lowest BCUT2D eigenvalue weighted by atomic mass is 9.89. The number of carboxylic acid groups (broad SMARTS) is 1. The molecule has 7 heteroatoms. The third-order valence-electron chi connectivity index (χ3n) is 4.74. The van der Waals surface area contributed by atoms with Crippen LogP contribution in [0.5, 0.6) is 0 Å². The maximum Gasteiger partial charge on any atom is 0.308 e. The highest BCUT2D eigenvalue weighted by molar-refractivity contribution is 6.30. The Labute approximate surface area is 156 Å². The number of rotatable bonds is 4. The number of likely N-dealkylation sites (tertiary alicyclic amines) is 1. The Bertz CT molecular complexity index is 823. The normalized spacial score (nSPS) is 19.8. The van der Waals surface area contributed by atoms with Crippen LogP contribution in [0, 0.1) is 5.92 Å². The third-order valence-corrected chi connectivity index (χ3v) is 4.99. The van der Waals surface area contributed by atoms with Crippen LogP contribution in [0.2, 0.25) is 5.02 Å². The molecule has 2 aromatic rings. The number of aromatic nitrogens is 2. The summed E-state index contributed by atoms with van der Waals surface area (Å²) in [5.41, 5.74) is 1.97. The molecular weight excluding hydrogens is 354 g/mol. The third kappa shape index (κ3) is 3.55. The molecule has 3 rings (SSSR count). The summed E-state index contributed by atoms with van der Waals surface area (Å²) >= 11 is 5.93. The number of nitrogens with zero attached hydrogens (tertiary/aromatic N) is 3. The monoisotopic (exact) mass is 373 g/mol. The first kappa shape index (κ1) is 18.3. The van der Waals surface area contributed by atoms with Crippen molar-refractivity contribution in [2.75, 3.05) is 13.1 Å². The van der Waals surface area contributed by atoms with E-state index < -0.39 is 11.9 Å². The molecule has 2 heterocycles. The van der Waals surface area contributed by atoms with Gasteiger partial charge in [0.1, 0.15) is 6.33 Å². The fourth-order valence-corrected chi connectivity index (χ4v) is 3.53. The minimum Gasteiger partial charge on any atom is -0.481 e. The first-order chi connectivity index (χ1) is 12.4. The number of carboxylic acids is 1. The number of hydrogen-bond donors (Lipinski definition) is 1. The van der Waals surface area contributed by atoms with Gasteiger partial charge in [-0.3, -0.25) is 9.59 Å².